The summed E-state index contributed by atoms with van der Waals surface area (Å²) in [5, 5.41) is 15.1. The lowest BCUT2D eigenvalue weighted by Gasteiger charge is -2.10. The van der Waals surface area contributed by atoms with Gasteiger partial charge < -0.3 is 14.4 Å². The second-order valence-corrected chi connectivity index (χ2v) is 7.44. The van der Waals surface area contributed by atoms with Crippen molar-refractivity contribution in [2.75, 3.05) is 5.32 Å². The van der Waals surface area contributed by atoms with Crippen LogP contribution in [0.1, 0.15) is 60.1 Å². The molecule has 144 valence electrons. The lowest BCUT2D eigenvalue weighted by atomic mass is 10.1. The van der Waals surface area contributed by atoms with E-state index < -0.39 is 5.82 Å². The van der Waals surface area contributed by atoms with Crippen molar-refractivity contribution in [1.82, 2.24) is 19.9 Å². The number of halogens is 1. The SMILES string of the molecule is O=C(Nc1ccc(F)c(-c2nnc3n2CCCCC3)c1)c1cc(C2CC2)on1. The van der Waals surface area contributed by atoms with E-state index in [-0.39, 0.29) is 11.6 Å². The fourth-order valence-corrected chi connectivity index (χ4v) is 3.61. The number of nitrogens with zero attached hydrogens (tertiary/aromatic N) is 4. The van der Waals surface area contributed by atoms with Gasteiger partial charge in [-0.25, -0.2) is 4.39 Å². The molecular weight excluding hydrogens is 361 g/mol. The smallest absolute Gasteiger partial charge is 0.277 e. The summed E-state index contributed by atoms with van der Waals surface area (Å²) in [6.07, 6.45) is 6.20. The van der Waals surface area contributed by atoms with Gasteiger partial charge in [0.2, 0.25) is 0 Å². The minimum atomic E-state index is -0.394. The number of fused-ring (bicyclic) bond motifs is 1. The molecule has 5 rings (SSSR count). The van der Waals surface area contributed by atoms with Crippen LogP contribution in [0.4, 0.5) is 10.1 Å². The zero-order chi connectivity index (χ0) is 19.1. The summed E-state index contributed by atoms with van der Waals surface area (Å²) < 4.78 is 21.8. The molecule has 1 aromatic carbocycles. The third kappa shape index (κ3) is 3.19. The first-order valence-corrected chi connectivity index (χ1v) is 9.69. The summed E-state index contributed by atoms with van der Waals surface area (Å²) in [6.45, 7) is 0.774. The maximum Gasteiger partial charge on any atom is 0.277 e. The molecule has 0 atom stereocenters. The third-order valence-corrected chi connectivity index (χ3v) is 5.32. The quantitative estimate of drug-likeness (QED) is 0.740. The predicted molar refractivity (Wildman–Crippen MR) is 99.4 cm³/mol. The van der Waals surface area contributed by atoms with Gasteiger partial charge in [0.1, 0.15) is 17.4 Å². The maximum atomic E-state index is 14.5. The molecule has 8 heteroatoms. The minimum absolute atomic E-state index is 0.226. The first-order chi connectivity index (χ1) is 13.7. The molecule has 1 aliphatic carbocycles. The van der Waals surface area contributed by atoms with Crippen molar-refractivity contribution >= 4 is 11.6 Å². The van der Waals surface area contributed by atoms with Crippen LogP contribution in [0.15, 0.2) is 28.8 Å². The third-order valence-electron chi connectivity index (χ3n) is 5.32. The highest BCUT2D eigenvalue weighted by Gasteiger charge is 2.29. The molecule has 1 N–H and O–H groups in total. The number of amides is 1. The highest BCUT2D eigenvalue weighted by Crippen LogP contribution is 2.40. The van der Waals surface area contributed by atoms with Gasteiger partial charge in [-0.15, -0.1) is 10.2 Å². The molecule has 0 bridgehead atoms. The monoisotopic (exact) mass is 381 g/mol. The number of nitrogens with one attached hydrogen (secondary N) is 1. The minimum Gasteiger partial charge on any atom is -0.360 e. The van der Waals surface area contributed by atoms with Gasteiger partial charge in [0.05, 0.1) is 5.56 Å². The van der Waals surface area contributed by atoms with E-state index in [1.165, 1.54) is 12.1 Å². The number of hydrogen-bond acceptors (Lipinski definition) is 5. The molecule has 1 aliphatic heterocycles. The molecule has 1 fully saturated rings. The van der Waals surface area contributed by atoms with Gasteiger partial charge in [-0.3, -0.25) is 4.79 Å². The second-order valence-electron chi connectivity index (χ2n) is 7.44. The number of aromatic nitrogens is 4. The van der Waals surface area contributed by atoms with E-state index >= 15 is 0 Å². The molecular formula is C20H20FN5O2. The predicted octanol–water partition coefficient (Wildman–Crippen LogP) is 3.93. The molecule has 2 aliphatic rings. The number of rotatable bonds is 4. The van der Waals surface area contributed by atoms with Crippen LogP contribution in [0.25, 0.3) is 11.4 Å². The fraction of sp³-hybridized carbons (Fsp3) is 0.400. The zero-order valence-corrected chi connectivity index (χ0v) is 15.3. The normalized spacial score (nSPS) is 16.5. The number of aryl methyl sites for hydroxylation is 1. The van der Waals surface area contributed by atoms with Gasteiger partial charge in [0.15, 0.2) is 11.5 Å². The number of anilines is 1. The van der Waals surface area contributed by atoms with Gasteiger partial charge in [-0.1, -0.05) is 11.6 Å². The number of benzene rings is 1. The number of hydrogen-bond donors (Lipinski definition) is 1. The molecule has 3 heterocycles. The Bertz CT molecular complexity index is 1040. The number of carbonyl (C=O) groups excluding carboxylic acids is 1. The summed E-state index contributed by atoms with van der Waals surface area (Å²) in [5.74, 6) is 1.74. The lowest BCUT2D eigenvalue weighted by Crippen LogP contribution is -2.12. The van der Waals surface area contributed by atoms with Gasteiger partial charge in [0, 0.05) is 30.6 Å². The molecule has 0 saturated heterocycles. The molecule has 0 radical (unpaired) electrons. The van der Waals surface area contributed by atoms with Crippen LogP contribution in [0.3, 0.4) is 0 Å². The Morgan fingerprint density at radius 2 is 2.07 bits per heavy atom. The molecule has 0 spiro atoms. The first-order valence-electron chi connectivity index (χ1n) is 9.69. The highest BCUT2D eigenvalue weighted by atomic mass is 19.1. The first kappa shape index (κ1) is 17.1. The van der Waals surface area contributed by atoms with Crippen LogP contribution in [0.2, 0.25) is 0 Å². The molecule has 2 aromatic heterocycles. The fourth-order valence-electron chi connectivity index (χ4n) is 3.61. The Balaban J connectivity index is 1.41. The van der Waals surface area contributed by atoms with Crippen LogP contribution in [-0.2, 0) is 13.0 Å². The van der Waals surface area contributed by atoms with E-state index in [9.17, 15) is 9.18 Å². The van der Waals surface area contributed by atoms with Crippen molar-refractivity contribution in [2.24, 2.45) is 0 Å². The molecule has 1 saturated carbocycles. The molecule has 0 unspecified atom stereocenters. The van der Waals surface area contributed by atoms with E-state index in [2.05, 4.69) is 20.7 Å². The van der Waals surface area contributed by atoms with E-state index in [0.29, 0.717) is 23.0 Å². The Kier molecular flexibility index (Phi) is 4.18. The van der Waals surface area contributed by atoms with Gasteiger partial charge in [-0.2, -0.15) is 0 Å². The zero-order valence-electron chi connectivity index (χ0n) is 15.3. The van der Waals surface area contributed by atoms with E-state index in [1.54, 1.807) is 12.1 Å². The average Bonchev–Trinajstić information content (AvgIpc) is 3.37. The summed E-state index contributed by atoms with van der Waals surface area (Å²) in [4.78, 5) is 12.5. The maximum absolute atomic E-state index is 14.5. The summed E-state index contributed by atoms with van der Waals surface area (Å²) in [6, 6.07) is 6.13. The largest absolute Gasteiger partial charge is 0.360 e. The topological polar surface area (TPSA) is 85.8 Å². The Labute approximate surface area is 160 Å². The van der Waals surface area contributed by atoms with Crippen LogP contribution in [0.5, 0.6) is 0 Å². The van der Waals surface area contributed by atoms with Crippen molar-refractivity contribution in [1.29, 1.82) is 0 Å². The molecule has 7 nitrogen and oxygen atoms in total. The van der Waals surface area contributed by atoms with Crippen LogP contribution >= 0.6 is 0 Å². The summed E-state index contributed by atoms with van der Waals surface area (Å²) in [5.41, 5.74) is 1.03. The average molecular weight is 381 g/mol. The van der Waals surface area contributed by atoms with Gasteiger partial charge in [0.25, 0.3) is 5.91 Å². The standard InChI is InChI=1S/C20H20FN5O2/c21-15-8-7-13(22-20(27)16-11-17(28-25-16)12-5-6-12)10-14(15)19-24-23-18-4-2-1-3-9-26(18)19/h7-8,10-12H,1-6,9H2,(H,22,27). The van der Waals surface area contributed by atoms with Crippen LogP contribution in [-0.4, -0.2) is 25.8 Å². The van der Waals surface area contributed by atoms with Crippen molar-refractivity contribution in [3.05, 3.63) is 47.4 Å². The van der Waals surface area contributed by atoms with Crippen molar-refractivity contribution in [3.63, 3.8) is 0 Å². The van der Waals surface area contributed by atoms with Crippen LogP contribution in [0, 0.1) is 5.82 Å². The molecule has 3 aromatic rings. The summed E-state index contributed by atoms with van der Waals surface area (Å²) in [7, 11) is 0. The highest BCUT2D eigenvalue weighted by molar-refractivity contribution is 6.03. The van der Waals surface area contributed by atoms with E-state index in [4.69, 9.17) is 4.52 Å². The molecule has 28 heavy (non-hydrogen) atoms. The Morgan fingerprint density at radius 1 is 1.18 bits per heavy atom. The Hall–Kier alpha value is -3.03. The van der Waals surface area contributed by atoms with Crippen molar-refractivity contribution in [3.8, 4) is 11.4 Å². The number of carbonyl (C=O) groups is 1. The van der Waals surface area contributed by atoms with Gasteiger partial charge in [-0.05, 0) is 43.9 Å². The second kappa shape index (κ2) is 6.85. The summed E-state index contributed by atoms with van der Waals surface area (Å²) >= 11 is 0. The van der Waals surface area contributed by atoms with Crippen molar-refractivity contribution in [2.45, 2.75) is 51.0 Å². The Morgan fingerprint density at radius 3 is 2.93 bits per heavy atom. The van der Waals surface area contributed by atoms with E-state index in [1.807, 2.05) is 4.57 Å². The van der Waals surface area contributed by atoms with E-state index in [0.717, 1.165) is 56.7 Å². The van der Waals surface area contributed by atoms with Gasteiger partial charge >= 0.3 is 0 Å². The van der Waals surface area contributed by atoms with Crippen LogP contribution < -0.4 is 5.32 Å². The lowest BCUT2D eigenvalue weighted by molar-refractivity contribution is 0.101. The van der Waals surface area contributed by atoms with Crippen molar-refractivity contribution < 1.29 is 13.7 Å². The molecule has 1 amide bonds.